The third-order valence-electron chi connectivity index (χ3n) is 3.65. The Balaban J connectivity index is 2.20. The van der Waals surface area contributed by atoms with Crippen LogP contribution in [0.5, 0.6) is 5.75 Å². The van der Waals surface area contributed by atoms with Gasteiger partial charge in [0.05, 0.1) is 19.9 Å². The summed E-state index contributed by atoms with van der Waals surface area (Å²) in [4.78, 5) is 8.86. The molecule has 6 heteroatoms. The molecular formula is C18H22N4O2. The normalized spacial score (nSPS) is 11.7. The van der Waals surface area contributed by atoms with Gasteiger partial charge in [0.25, 0.3) is 0 Å². The molecule has 0 unspecified atom stereocenters. The SMILES string of the molecule is COc1ccc(-c2nc3cnccn3c2NC(C)(C)C)cc1CO. The Hall–Kier alpha value is -2.60. The van der Waals surface area contributed by atoms with Crippen LogP contribution in [-0.2, 0) is 6.61 Å². The Morgan fingerprint density at radius 1 is 1.29 bits per heavy atom. The van der Waals surface area contributed by atoms with Crippen LogP contribution in [0.25, 0.3) is 16.9 Å². The van der Waals surface area contributed by atoms with Crippen molar-refractivity contribution in [2.75, 3.05) is 12.4 Å². The first-order chi connectivity index (χ1) is 11.4. The zero-order chi connectivity index (χ0) is 17.3. The number of nitrogens with one attached hydrogen (secondary N) is 1. The van der Waals surface area contributed by atoms with Crippen molar-refractivity contribution in [2.24, 2.45) is 0 Å². The van der Waals surface area contributed by atoms with E-state index in [-0.39, 0.29) is 12.1 Å². The van der Waals surface area contributed by atoms with Crippen LogP contribution in [0.2, 0.25) is 0 Å². The standard InChI is InChI=1S/C18H22N4O2/c1-18(2,3)21-17-16(20-15-10-19-7-8-22(15)17)12-5-6-14(24-4)13(9-12)11-23/h5-10,21,23H,11H2,1-4H3. The number of anilines is 1. The summed E-state index contributed by atoms with van der Waals surface area (Å²) in [7, 11) is 1.59. The molecule has 6 nitrogen and oxygen atoms in total. The van der Waals surface area contributed by atoms with Crippen LogP contribution in [0.1, 0.15) is 26.3 Å². The van der Waals surface area contributed by atoms with E-state index in [1.165, 1.54) is 0 Å². The highest BCUT2D eigenvalue weighted by molar-refractivity contribution is 5.77. The maximum Gasteiger partial charge on any atom is 0.157 e. The van der Waals surface area contributed by atoms with E-state index in [0.29, 0.717) is 5.75 Å². The molecule has 2 heterocycles. The summed E-state index contributed by atoms with van der Waals surface area (Å²) in [5, 5.41) is 13.1. The number of ether oxygens (including phenoxy) is 1. The lowest BCUT2D eigenvalue weighted by atomic mass is 10.1. The van der Waals surface area contributed by atoms with Gasteiger partial charge in [0.15, 0.2) is 5.65 Å². The van der Waals surface area contributed by atoms with Crippen molar-refractivity contribution < 1.29 is 9.84 Å². The lowest BCUT2D eigenvalue weighted by Crippen LogP contribution is -2.27. The van der Waals surface area contributed by atoms with Gasteiger partial charge in [0.1, 0.15) is 17.3 Å². The summed E-state index contributed by atoms with van der Waals surface area (Å²) in [6.45, 7) is 6.22. The fraction of sp³-hybridized carbons (Fsp3) is 0.333. The number of aliphatic hydroxyl groups excluding tert-OH is 1. The van der Waals surface area contributed by atoms with Crippen LogP contribution in [0.4, 0.5) is 5.82 Å². The first-order valence-corrected chi connectivity index (χ1v) is 7.81. The summed E-state index contributed by atoms with van der Waals surface area (Å²) in [5.41, 5.74) is 3.10. The molecule has 126 valence electrons. The maximum absolute atomic E-state index is 9.59. The maximum atomic E-state index is 9.59. The Kier molecular flexibility index (Phi) is 4.15. The van der Waals surface area contributed by atoms with Gasteiger partial charge in [-0.3, -0.25) is 9.38 Å². The van der Waals surface area contributed by atoms with Crippen molar-refractivity contribution in [3.05, 3.63) is 42.4 Å². The molecule has 2 aromatic heterocycles. The minimum Gasteiger partial charge on any atom is -0.496 e. The van der Waals surface area contributed by atoms with Crippen molar-refractivity contribution in [2.45, 2.75) is 32.9 Å². The van der Waals surface area contributed by atoms with Crippen LogP contribution in [0, 0.1) is 0 Å². The Morgan fingerprint density at radius 2 is 2.08 bits per heavy atom. The number of hydrogen-bond acceptors (Lipinski definition) is 5. The number of fused-ring (bicyclic) bond motifs is 1. The molecule has 1 aromatic carbocycles. The smallest absolute Gasteiger partial charge is 0.157 e. The van der Waals surface area contributed by atoms with Crippen molar-refractivity contribution in [3.63, 3.8) is 0 Å². The highest BCUT2D eigenvalue weighted by Crippen LogP contribution is 2.33. The summed E-state index contributed by atoms with van der Waals surface area (Å²) in [6, 6.07) is 5.70. The number of rotatable bonds is 4. The largest absolute Gasteiger partial charge is 0.496 e. The van der Waals surface area contributed by atoms with Gasteiger partial charge in [-0.15, -0.1) is 0 Å². The van der Waals surface area contributed by atoms with Crippen LogP contribution >= 0.6 is 0 Å². The summed E-state index contributed by atoms with van der Waals surface area (Å²) in [5.74, 6) is 1.56. The molecule has 3 rings (SSSR count). The molecule has 0 aliphatic carbocycles. The molecule has 0 saturated carbocycles. The van der Waals surface area contributed by atoms with Crippen LogP contribution in [0.15, 0.2) is 36.8 Å². The molecule has 0 saturated heterocycles. The van der Waals surface area contributed by atoms with Crippen molar-refractivity contribution in [1.29, 1.82) is 0 Å². The third kappa shape index (κ3) is 3.05. The minimum absolute atomic E-state index is 0.0893. The molecule has 0 radical (unpaired) electrons. The van der Waals surface area contributed by atoms with Crippen molar-refractivity contribution in [1.82, 2.24) is 14.4 Å². The average Bonchev–Trinajstić information content (AvgIpc) is 2.91. The average molecular weight is 326 g/mol. The quantitative estimate of drug-likeness (QED) is 0.771. The number of benzene rings is 1. The van der Waals surface area contributed by atoms with Crippen LogP contribution < -0.4 is 10.1 Å². The molecule has 0 atom stereocenters. The number of imidazole rings is 1. The number of aliphatic hydroxyl groups is 1. The minimum atomic E-state index is -0.125. The first-order valence-electron chi connectivity index (χ1n) is 7.81. The Bertz CT molecular complexity index is 865. The van der Waals surface area contributed by atoms with Gasteiger partial charge >= 0.3 is 0 Å². The highest BCUT2D eigenvalue weighted by atomic mass is 16.5. The van der Waals surface area contributed by atoms with E-state index in [4.69, 9.17) is 9.72 Å². The zero-order valence-corrected chi connectivity index (χ0v) is 14.4. The molecular weight excluding hydrogens is 304 g/mol. The topological polar surface area (TPSA) is 71.7 Å². The number of hydrogen-bond donors (Lipinski definition) is 2. The number of aromatic nitrogens is 3. The van der Waals surface area contributed by atoms with Gasteiger partial charge in [0.2, 0.25) is 0 Å². The molecule has 0 fully saturated rings. The fourth-order valence-corrected chi connectivity index (χ4v) is 2.63. The second-order valence-corrected chi connectivity index (χ2v) is 6.67. The van der Waals surface area contributed by atoms with Gasteiger partial charge in [-0.25, -0.2) is 4.98 Å². The highest BCUT2D eigenvalue weighted by Gasteiger charge is 2.20. The number of nitrogens with zero attached hydrogens (tertiary/aromatic N) is 3. The van der Waals surface area contributed by atoms with Crippen LogP contribution in [-0.4, -0.2) is 32.1 Å². The second kappa shape index (κ2) is 6.13. The Morgan fingerprint density at radius 3 is 2.75 bits per heavy atom. The lowest BCUT2D eigenvalue weighted by molar-refractivity contribution is 0.274. The molecule has 0 amide bonds. The second-order valence-electron chi connectivity index (χ2n) is 6.67. The van der Waals surface area contributed by atoms with Gasteiger partial charge in [-0.2, -0.15) is 0 Å². The monoisotopic (exact) mass is 326 g/mol. The molecule has 0 aliphatic rings. The molecule has 0 spiro atoms. The molecule has 0 aliphatic heterocycles. The van der Waals surface area contributed by atoms with E-state index < -0.39 is 0 Å². The lowest BCUT2D eigenvalue weighted by Gasteiger charge is -2.22. The molecule has 2 N–H and O–H groups in total. The van der Waals surface area contributed by atoms with E-state index in [1.54, 1.807) is 19.5 Å². The number of methoxy groups -OCH3 is 1. The van der Waals surface area contributed by atoms with Gasteiger partial charge in [-0.05, 0) is 39.0 Å². The zero-order valence-electron chi connectivity index (χ0n) is 14.4. The van der Waals surface area contributed by atoms with Crippen LogP contribution in [0.3, 0.4) is 0 Å². The van der Waals surface area contributed by atoms with Gasteiger partial charge in [0, 0.05) is 29.1 Å². The first kappa shape index (κ1) is 16.3. The summed E-state index contributed by atoms with van der Waals surface area (Å²) < 4.78 is 7.27. The van der Waals surface area contributed by atoms with Gasteiger partial charge in [-0.1, -0.05) is 0 Å². The summed E-state index contributed by atoms with van der Waals surface area (Å²) >= 11 is 0. The van der Waals surface area contributed by atoms with Crippen molar-refractivity contribution >= 4 is 11.5 Å². The van der Waals surface area contributed by atoms with E-state index in [1.807, 2.05) is 28.8 Å². The van der Waals surface area contributed by atoms with E-state index >= 15 is 0 Å². The van der Waals surface area contributed by atoms with E-state index in [9.17, 15) is 5.11 Å². The van der Waals surface area contributed by atoms with E-state index in [2.05, 4.69) is 31.1 Å². The third-order valence-corrected chi connectivity index (χ3v) is 3.65. The predicted octanol–water partition coefficient (Wildman–Crippen LogP) is 3.11. The van der Waals surface area contributed by atoms with Gasteiger partial charge < -0.3 is 15.2 Å². The fourth-order valence-electron chi connectivity index (χ4n) is 2.63. The molecule has 24 heavy (non-hydrogen) atoms. The van der Waals surface area contributed by atoms with E-state index in [0.717, 1.165) is 28.3 Å². The van der Waals surface area contributed by atoms with Crippen molar-refractivity contribution in [3.8, 4) is 17.0 Å². The molecule has 0 bridgehead atoms. The summed E-state index contributed by atoms with van der Waals surface area (Å²) in [6.07, 6.45) is 5.35. The predicted molar refractivity (Wildman–Crippen MR) is 94.3 cm³/mol. The Labute approximate surface area is 141 Å². The molecule has 3 aromatic rings.